The van der Waals surface area contributed by atoms with E-state index in [-0.39, 0.29) is 0 Å². The summed E-state index contributed by atoms with van der Waals surface area (Å²) >= 11 is 0. The van der Waals surface area contributed by atoms with Gasteiger partial charge in [0.1, 0.15) is 0 Å². The number of aromatic nitrogens is 1. The van der Waals surface area contributed by atoms with Crippen LogP contribution < -0.4 is 10.0 Å². The van der Waals surface area contributed by atoms with Gasteiger partial charge in [0.2, 0.25) is 10.0 Å². The maximum Gasteiger partial charge on any atom is 0.241 e. The second-order valence-electron chi connectivity index (χ2n) is 6.99. The number of benzene rings is 3. The third-order valence-corrected chi connectivity index (χ3v) is 6.43. The van der Waals surface area contributed by atoms with E-state index in [2.05, 4.69) is 39.3 Å². The molecule has 0 atom stereocenters. The molecule has 30 heavy (non-hydrogen) atoms. The molecule has 0 radical (unpaired) electrons. The number of pyridine rings is 1. The Hall–Kier alpha value is -3.06. The number of fused-ring (bicyclic) bond motifs is 1. The Bertz CT molecular complexity index is 1220. The fourth-order valence-corrected chi connectivity index (χ4v) is 4.62. The molecule has 0 aliphatic heterocycles. The van der Waals surface area contributed by atoms with Crippen LogP contribution in [0.15, 0.2) is 96.2 Å². The summed E-state index contributed by atoms with van der Waals surface area (Å²) in [5, 5.41) is 4.92. The van der Waals surface area contributed by atoms with Crippen molar-refractivity contribution in [3.05, 3.63) is 96.8 Å². The van der Waals surface area contributed by atoms with Gasteiger partial charge in [-0.3, -0.25) is 4.98 Å². The van der Waals surface area contributed by atoms with Gasteiger partial charge in [-0.1, -0.05) is 66.7 Å². The summed E-state index contributed by atoms with van der Waals surface area (Å²) in [6.45, 7) is 1.52. The van der Waals surface area contributed by atoms with E-state index in [4.69, 9.17) is 0 Å². The Labute approximate surface area is 176 Å². The third-order valence-electron chi connectivity index (χ3n) is 4.91. The lowest BCUT2D eigenvalue weighted by molar-refractivity contribution is 0.577. The molecule has 5 nitrogen and oxygen atoms in total. The van der Waals surface area contributed by atoms with Crippen molar-refractivity contribution in [1.82, 2.24) is 15.0 Å². The predicted octanol–water partition coefficient (Wildman–Crippen LogP) is 3.97. The minimum atomic E-state index is -3.56. The van der Waals surface area contributed by atoms with Crippen molar-refractivity contribution in [3.63, 3.8) is 0 Å². The molecule has 0 saturated carbocycles. The lowest BCUT2D eigenvalue weighted by Crippen LogP contribution is -2.31. The monoisotopic (exact) mass is 417 g/mol. The molecule has 152 valence electrons. The third kappa shape index (κ3) is 4.74. The van der Waals surface area contributed by atoms with Crippen LogP contribution in [0.5, 0.6) is 0 Å². The normalized spacial score (nSPS) is 11.6. The molecule has 4 aromatic rings. The minimum absolute atomic E-state index is 0.312. The molecule has 0 aliphatic rings. The van der Waals surface area contributed by atoms with Crippen LogP contribution in [0.2, 0.25) is 0 Å². The van der Waals surface area contributed by atoms with Gasteiger partial charge >= 0.3 is 0 Å². The summed E-state index contributed by atoms with van der Waals surface area (Å²) < 4.78 is 28.1. The van der Waals surface area contributed by atoms with Gasteiger partial charge in [0, 0.05) is 37.4 Å². The minimum Gasteiger partial charge on any atom is -0.311 e. The molecular weight excluding hydrogens is 394 g/mol. The molecule has 0 fully saturated rings. The second-order valence-corrected chi connectivity index (χ2v) is 8.73. The van der Waals surface area contributed by atoms with Crippen molar-refractivity contribution in [2.45, 2.75) is 11.4 Å². The Balaban J connectivity index is 1.30. The topological polar surface area (TPSA) is 71.1 Å². The van der Waals surface area contributed by atoms with Crippen LogP contribution >= 0.6 is 0 Å². The van der Waals surface area contributed by atoms with E-state index < -0.39 is 10.0 Å². The molecule has 0 saturated heterocycles. The van der Waals surface area contributed by atoms with E-state index in [9.17, 15) is 8.42 Å². The van der Waals surface area contributed by atoms with Crippen LogP contribution in [0.1, 0.15) is 5.56 Å². The first kappa shape index (κ1) is 20.2. The van der Waals surface area contributed by atoms with E-state index in [1.807, 2.05) is 48.7 Å². The zero-order chi connectivity index (χ0) is 20.8. The Kier molecular flexibility index (Phi) is 6.18. The van der Waals surface area contributed by atoms with Crippen molar-refractivity contribution in [2.75, 3.05) is 13.1 Å². The van der Waals surface area contributed by atoms with E-state index >= 15 is 0 Å². The van der Waals surface area contributed by atoms with Gasteiger partial charge in [-0.15, -0.1) is 0 Å². The first-order chi connectivity index (χ1) is 14.6. The van der Waals surface area contributed by atoms with Gasteiger partial charge in [-0.05, 0) is 34.2 Å². The summed E-state index contributed by atoms with van der Waals surface area (Å²) in [4.78, 5) is 4.46. The summed E-state index contributed by atoms with van der Waals surface area (Å²) in [5.41, 5.74) is 3.34. The second kappa shape index (κ2) is 9.17. The highest BCUT2D eigenvalue weighted by molar-refractivity contribution is 7.89. The lowest BCUT2D eigenvalue weighted by atomic mass is 10.1. The predicted molar refractivity (Wildman–Crippen MR) is 121 cm³/mol. The number of hydrogen-bond donors (Lipinski definition) is 2. The van der Waals surface area contributed by atoms with Crippen LogP contribution in [-0.4, -0.2) is 26.5 Å². The summed E-state index contributed by atoms with van der Waals surface area (Å²) in [5.74, 6) is 0. The molecule has 0 spiro atoms. The van der Waals surface area contributed by atoms with Gasteiger partial charge in [0.15, 0.2) is 0 Å². The number of hydrogen-bond acceptors (Lipinski definition) is 4. The first-order valence-electron chi connectivity index (χ1n) is 9.81. The zero-order valence-corrected chi connectivity index (χ0v) is 17.3. The fourth-order valence-electron chi connectivity index (χ4n) is 3.36. The van der Waals surface area contributed by atoms with E-state index in [0.29, 0.717) is 24.5 Å². The SMILES string of the molecule is O=S(=O)(NCCNCc1ccc(-c2cccnc2)cc1)c1cccc2ccccc12. The van der Waals surface area contributed by atoms with Crippen molar-refractivity contribution in [2.24, 2.45) is 0 Å². The van der Waals surface area contributed by atoms with Crippen LogP contribution in [0, 0.1) is 0 Å². The van der Waals surface area contributed by atoms with E-state index in [1.54, 1.807) is 18.3 Å². The van der Waals surface area contributed by atoms with Crippen LogP contribution in [0.3, 0.4) is 0 Å². The molecule has 1 aromatic heterocycles. The van der Waals surface area contributed by atoms with E-state index in [0.717, 1.165) is 27.5 Å². The number of nitrogens with zero attached hydrogens (tertiary/aromatic N) is 1. The number of sulfonamides is 1. The van der Waals surface area contributed by atoms with Gasteiger partial charge in [-0.2, -0.15) is 0 Å². The average molecular weight is 418 g/mol. The molecule has 2 N–H and O–H groups in total. The number of rotatable bonds is 8. The van der Waals surface area contributed by atoms with Crippen LogP contribution in [-0.2, 0) is 16.6 Å². The summed E-state index contributed by atoms with van der Waals surface area (Å²) in [6.07, 6.45) is 3.60. The molecule has 1 heterocycles. The van der Waals surface area contributed by atoms with Crippen molar-refractivity contribution >= 4 is 20.8 Å². The summed E-state index contributed by atoms with van der Waals surface area (Å²) in [7, 11) is -3.56. The van der Waals surface area contributed by atoms with Crippen molar-refractivity contribution < 1.29 is 8.42 Å². The maximum atomic E-state index is 12.7. The quantitative estimate of drug-likeness (QED) is 0.426. The molecule has 0 aliphatic carbocycles. The van der Waals surface area contributed by atoms with Gasteiger partial charge in [0.05, 0.1) is 4.90 Å². The lowest BCUT2D eigenvalue weighted by Gasteiger charge is -2.10. The maximum absolute atomic E-state index is 12.7. The molecule has 6 heteroatoms. The van der Waals surface area contributed by atoms with Gasteiger partial charge in [0.25, 0.3) is 0 Å². The van der Waals surface area contributed by atoms with Crippen LogP contribution in [0.4, 0.5) is 0 Å². The summed E-state index contributed by atoms with van der Waals surface area (Å²) in [6, 6.07) is 25.0. The van der Waals surface area contributed by atoms with Crippen molar-refractivity contribution in [3.8, 4) is 11.1 Å². The highest BCUT2D eigenvalue weighted by Crippen LogP contribution is 2.22. The zero-order valence-electron chi connectivity index (χ0n) is 16.5. The number of nitrogens with one attached hydrogen (secondary N) is 2. The molecular formula is C24H23N3O2S. The van der Waals surface area contributed by atoms with Crippen molar-refractivity contribution in [1.29, 1.82) is 0 Å². The molecule has 0 amide bonds. The highest BCUT2D eigenvalue weighted by atomic mass is 32.2. The Morgan fingerprint density at radius 3 is 2.37 bits per heavy atom. The standard InChI is InChI=1S/C24H23N3O2S/c28-30(29,24-9-3-6-21-5-1-2-8-23(21)24)27-16-15-26-17-19-10-12-20(13-11-19)22-7-4-14-25-18-22/h1-14,18,26-27H,15-17H2. The average Bonchev–Trinajstić information content (AvgIpc) is 2.79. The Morgan fingerprint density at radius 1 is 0.767 bits per heavy atom. The fraction of sp³-hybridized carbons (Fsp3) is 0.125. The molecule has 0 bridgehead atoms. The molecule has 4 rings (SSSR count). The van der Waals surface area contributed by atoms with Crippen LogP contribution in [0.25, 0.3) is 21.9 Å². The Morgan fingerprint density at radius 2 is 1.57 bits per heavy atom. The van der Waals surface area contributed by atoms with Gasteiger partial charge < -0.3 is 5.32 Å². The first-order valence-corrected chi connectivity index (χ1v) is 11.3. The molecule has 3 aromatic carbocycles. The molecule has 0 unspecified atom stereocenters. The smallest absolute Gasteiger partial charge is 0.241 e. The highest BCUT2D eigenvalue weighted by Gasteiger charge is 2.16. The van der Waals surface area contributed by atoms with E-state index in [1.165, 1.54) is 0 Å². The van der Waals surface area contributed by atoms with Gasteiger partial charge in [-0.25, -0.2) is 13.1 Å². The largest absolute Gasteiger partial charge is 0.311 e.